The number of carbonyl (C=O) groups is 1. The van der Waals surface area contributed by atoms with Crippen LogP contribution in [-0.2, 0) is 0 Å². The van der Waals surface area contributed by atoms with Crippen LogP contribution < -0.4 is 14.9 Å². The SMILES string of the molecule is COc1cc(/C=N/NC(=O)c2ccccc2)ccc1OCCO.O. The van der Waals surface area contributed by atoms with E-state index in [1.807, 2.05) is 6.07 Å². The Labute approximate surface area is 139 Å². The zero-order valence-corrected chi connectivity index (χ0v) is 13.2. The van der Waals surface area contributed by atoms with Crippen molar-refractivity contribution >= 4 is 12.1 Å². The molecule has 0 spiro atoms. The van der Waals surface area contributed by atoms with Crippen LogP contribution in [0.4, 0.5) is 0 Å². The molecule has 1 amide bonds. The molecule has 2 aromatic carbocycles. The second kappa shape index (κ2) is 9.98. The average Bonchev–Trinajstić information content (AvgIpc) is 2.61. The first-order valence-corrected chi connectivity index (χ1v) is 7.04. The molecule has 0 fully saturated rings. The smallest absolute Gasteiger partial charge is 0.271 e. The highest BCUT2D eigenvalue weighted by Gasteiger charge is 2.05. The normalized spacial score (nSPS) is 10.1. The van der Waals surface area contributed by atoms with Gasteiger partial charge in [0.05, 0.1) is 19.9 Å². The number of benzene rings is 2. The van der Waals surface area contributed by atoms with Gasteiger partial charge in [0.15, 0.2) is 11.5 Å². The Bertz CT molecular complexity index is 674. The number of nitrogens with one attached hydrogen (secondary N) is 1. The van der Waals surface area contributed by atoms with E-state index in [4.69, 9.17) is 14.6 Å². The number of ether oxygens (including phenoxy) is 2. The van der Waals surface area contributed by atoms with E-state index in [0.29, 0.717) is 17.1 Å². The van der Waals surface area contributed by atoms with Gasteiger partial charge in [-0.3, -0.25) is 4.79 Å². The molecule has 0 atom stereocenters. The summed E-state index contributed by atoms with van der Waals surface area (Å²) in [6.45, 7) is 0.120. The Morgan fingerprint density at radius 3 is 2.62 bits per heavy atom. The summed E-state index contributed by atoms with van der Waals surface area (Å²) in [6, 6.07) is 14.0. The number of nitrogens with zero attached hydrogens (tertiary/aromatic N) is 1. The molecule has 2 rings (SSSR count). The first-order valence-electron chi connectivity index (χ1n) is 7.04. The van der Waals surface area contributed by atoms with Gasteiger partial charge < -0.3 is 20.1 Å². The van der Waals surface area contributed by atoms with Gasteiger partial charge in [0.2, 0.25) is 0 Å². The third-order valence-corrected chi connectivity index (χ3v) is 2.95. The minimum atomic E-state index is -0.281. The minimum absolute atomic E-state index is 0. The number of methoxy groups -OCH3 is 1. The highest BCUT2D eigenvalue weighted by Crippen LogP contribution is 2.27. The lowest BCUT2D eigenvalue weighted by Crippen LogP contribution is -2.17. The zero-order chi connectivity index (χ0) is 16.5. The zero-order valence-electron chi connectivity index (χ0n) is 13.2. The molecular weight excluding hydrogens is 312 g/mol. The Hall–Kier alpha value is -2.90. The van der Waals surface area contributed by atoms with Crippen molar-refractivity contribution in [3.8, 4) is 11.5 Å². The fourth-order valence-electron chi connectivity index (χ4n) is 1.86. The van der Waals surface area contributed by atoms with Crippen molar-refractivity contribution in [2.45, 2.75) is 0 Å². The van der Waals surface area contributed by atoms with E-state index in [0.717, 1.165) is 5.56 Å². The predicted molar refractivity (Wildman–Crippen MR) is 90.7 cm³/mol. The van der Waals surface area contributed by atoms with Gasteiger partial charge in [-0.15, -0.1) is 0 Å². The third-order valence-electron chi connectivity index (χ3n) is 2.95. The Kier molecular flexibility index (Phi) is 7.97. The van der Waals surface area contributed by atoms with Gasteiger partial charge in [-0.25, -0.2) is 5.43 Å². The molecule has 2 aromatic rings. The van der Waals surface area contributed by atoms with Gasteiger partial charge in [0.25, 0.3) is 5.91 Å². The summed E-state index contributed by atoms with van der Waals surface area (Å²) < 4.78 is 10.6. The summed E-state index contributed by atoms with van der Waals surface area (Å²) in [4.78, 5) is 11.8. The van der Waals surface area contributed by atoms with Gasteiger partial charge in [0, 0.05) is 5.56 Å². The van der Waals surface area contributed by atoms with Crippen molar-refractivity contribution in [2.75, 3.05) is 20.3 Å². The number of hydrogen-bond acceptors (Lipinski definition) is 5. The molecule has 0 unspecified atom stereocenters. The number of hydrogen-bond donors (Lipinski definition) is 2. The predicted octanol–water partition coefficient (Wildman–Crippen LogP) is 1.01. The summed E-state index contributed by atoms with van der Waals surface area (Å²) in [5.41, 5.74) is 3.74. The Balaban J connectivity index is 0.00000288. The molecule has 0 radical (unpaired) electrons. The van der Waals surface area contributed by atoms with E-state index in [1.165, 1.54) is 13.3 Å². The molecule has 0 aliphatic rings. The van der Waals surface area contributed by atoms with E-state index >= 15 is 0 Å². The number of amides is 1. The van der Waals surface area contributed by atoms with Crippen molar-refractivity contribution in [1.82, 2.24) is 5.43 Å². The van der Waals surface area contributed by atoms with Crippen LogP contribution in [-0.4, -0.2) is 43.0 Å². The van der Waals surface area contributed by atoms with E-state index in [-0.39, 0.29) is 24.6 Å². The molecule has 0 bridgehead atoms. The molecule has 0 heterocycles. The van der Waals surface area contributed by atoms with Gasteiger partial charge >= 0.3 is 0 Å². The third kappa shape index (κ3) is 5.38. The maximum atomic E-state index is 11.8. The monoisotopic (exact) mass is 332 g/mol. The average molecular weight is 332 g/mol. The topological polar surface area (TPSA) is 112 Å². The van der Waals surface area contributed by atoms with Crippen LogP contribution in [0.25, 0.3) is 0 Å². The largest absolute Gasteiger partial charge is 0.493 e. The first kappa shape index (κ1) is 19.1. The quantitative estimate of drug-likeness (QED) is 0.582. The summed E-state index contributed by atoms with van der Waals surface area (Å²) >= 11 is 0. The van der Waals surface area contributed by atoms with E-state index in [2.05, 4.69) is 10.5 Å². The lowest BCUT2D eigenvalue weighted by molar-refractivity contribution is 0.0955. The second-order valence-electron chi connectivity index (χ2n) is 4.55. The Morgan fingerprint density at radius 2 is 1.96 bits per heavy atom. The molecule has 24 heavy (non-hydrogen) atoms. The second-order valence-corrected chi connectivity index (χ2v) is 4.55. The van der Waals surface area contributed by atoms with Crippen LogP contribution in [0.15, 0.2) is 53.6 Å². The fraction of sp³-hybridized carbons (Fsp3) is 0.176. The molecule has 0 aliphatic heterocycles. The molecule has 128 valence electrons. The Morgan fingerprint density at radius 1 is 1.21 bits per heavy atom. The maximum Gasteiger partial charge on any atom is 0.271 e. The van der Waals surface area contributed by atoms with Crippen LogP contribution in [0.3, 0.4) is 0 Å². The van der Waals surface area contributed by atoms with Gasteiger partial charge in [-0.05, 0) is 35.9 Å². The maximum absolute atomic E-state index is 11.8. The van der Waals surface area contributed by atoms with Crippen LogP contribution in [0.5, 0.6) is 11.5 Å². The minimum Gasteiger partial charge on any atom is -0.493 e. The highest BCUT2D eigenvalue weighted by atomic mass is 16.5. The lowest BCUT2D eigenvalue weighted by atomic mass is 10.2. The molecule has 7 nitrogen and oxygen atoms in total. The molecule has 0 aromatic heterocycles. The van der Waals surface area contributed by atoms with Crippen molar-refractivity contribution in [1.29, 1.82) is 0 Å². The van der Waals surface area contributed by atoms with Crippen LogP contribution in [0, 0.1) is 0 Å². The summed E-state index contributed by atoms with van der Waals surface area (Å²) in [7, 11) is 1.53. The van der Waals surface area contributed by atoms with E-state index in [9.17, 15) is 4.79 Å². The van der Waals surface area contributed by atoms with Gasteiger partial charge in [0.1, 0.15) is 6.61 Å². The van der Waals surface area contributed by atoms with E-state index in [1.54, 1.807) is 42.5 Å². The van der Waals surface area contributed by atoms with Gasteiger partial charge in [-0.1, -0.05) is 18.2 Å². The highest BCUT2D eigenvalue weighted by molar-refractivity contribution is 5.94. The van der Waals surface area contributed by atoms with Crippen molar-refractivity contribution < 1.29 is 24.9 Å². The fourth-order valence-corrected chi connectivity index (χ4v) is 1.86. The molecule has 0 aliphatic carbocycles. The number of hydrazone groups is 1. The van der Waals surface area contributed by atoms with Crippen LogP contribution in [0.2, 0.25) is 0 Å². The molecular formula is C17H20N2O5. The molecule has 0 saturated heterocycles. The standard InChI is InChI=1S/C17H18N2O4.H2O/c1-22-16-11-13(7-8-15(16)23-10-9-20)12-18-19-17(21)14-5-3-2-4-6-14;/h2-8,11-12,20H,9-10H2,1H3,(H,19,21);1H2/b18-12+;. The number of rotatable bonds is 7. The number of aliphatic hydroxyl groups excluding tert-OH is 1. The van der Waals surface area contributed by atoms with E-state index < -0.39 is 0 Å². The summed E-state index contributed by atoms with van der Waals surface area (Å²) in [6.07, 6.45) is 1.51. The van der Waals surface area contributed by atoms with Crippen LogP contribution in [0.1, 0.15) is 15.9 Å². The summed E-state index contributed by atoms with van der Waals surface area (Å²) in [5, 5.41) is 12.7. The van der Waals surface area contributed by atoms with Crippen molar-refractivity contribution in [3.63, 3.8) is 0 Å². The lowest BCUT2D eigenvalue weighted by Gasteiger charge is -2.10. The molecule has 7 heteroatoms. The van der Waals surface area contributed by atoms with Crippen LogP contribution >= 0.6 is 0 Å². The van der Waals surface area contributed by atoms with Crippen molar-refractivity contribution in [3.05, 3.63) is 59.7 Å². The first-order chi connectivity index (χ1) is 11.2. The summed E-state index contributed by atoms with van der Waals surface area (Å²) in [5.74, 6) is 0.778. The molecule has 4 N–H and O–H groups in total. The van der Waals surface area contributed by atoms with Crippen molar-refractivity contribution in [2.24, 2.45) is 5.10 Å². The molecule has 0 saturated carbocycles. The number of carbonyl (C=O) groups excluding carboxylic acids is 1. The van der Waals surface area contributed by atoms with Gasteiger partial charge in [-0.2, -0.15) is 5.10 Å². The number of aliphatic hydroxyl groups is 1.